The first-order chi connectivity index (χ1) is 16.8. The number of rotatable bonds is 6. The van der Waals surface area contributed by atoms with Crippen LogP contribution in [-0.4, -0.2) is 36.0 Å². The Balaban J connectivity index is 1.82. The van der Waals surface area contributed by atoms with E-state index in [-0.39, 0.29) is 17.4 Å². The molecule has 1 unspecified atom stereocenters. The fourth-order valence-electron chi connectivity index (χ4n) is 4.04. The molecule has 1 heterocycles. The van der Waals surface area contributed by atoms with Crippen LogP contribution in [-0.2, 0) is 14.3 Å². The van der Waals surface area contributed by atoms with Crippen LogP contribution in [0.3, 0.4) is 0 Å². The number of aliphatic hydroxyl groups is 1. The summed E-state index contributed by atoms with van der Waals surface area (Å²) in [6.45, 7) is 3.82. The molecule has 7 heteroatoms. The number of methoxy groups -OCH3 is 1. The van der Waals surface area contributed by atoms with Crippen molar-refractivity contribution in [3.63, 3.8) is 0 Å². The largest absolute Gasteiger partial charge is 0.507 e. The number of carbonyl (C=O) groups excluding carboxylic acids is 3. The molecule has 1 saturated heterocycles. The lowest BCUT2D eigenvalue weighted by molar-refractivity contribution is -0.132. The van der Waals surface area contributed by atoms with Crippen molar-refractivity contribution in [1.82, 2.24) is 0 Å². The molecule has 1 aliphatic rings. The fourth-order valence-corrected chi connectivity index (χ4v) is 4.04. The topological polar surface area (TPSA) is 93.1 Å². The van der Waals surface area contributed by atoms with Crippen molar-refractivity contribution >= 4 is 29.1 Å². The molecule has 35 heavy (non-hydrogen) atoms. The quantitative estimate of drug-likeness (QED) is 0.238. The molecule has 0 aliphatic carbocycles. The zero-order valence-electron chi connectivity index (χ0n) is 19.6. The minimum absolute atomic E-state index is 0.0107. The van der Waals surface area contributed by atoms with E-state index in [2.05, 4.69) is 0 Å². The molecule has 1 amide bonds. The standard InChI is InChI=1S/C28H25NO6/c1-17(2)35-22-15-11-19(12-16-22)25(30)23-24(18-7-5-4-6-8-18)29(27(32)26(23)31)21-13-9-20(10-14-21)28(33)34-3/h4-17,24,30H,1-3H3/b25-23+. The van der Waals surface area contributed by atoms with E-state index >= 15 is 0 Å². The van der Waals surface area contributed by atoms with Gasteiger partial charge in [-0.05, 0) is 67.9 Å². The third-order valence-electron chi connectivity index (χ3n) is 5.63. The maximum Gasteiger partial charge on any atom is 0.337 e. The third kappa shape index (κ3) is 4.66. The van der Waals surface area contributed by atoms with E-state index in [1.54, 1.807) is 60.7 Å². The fraction of sp³-hybridized carbons (Fsp3) is 0.179. The number of hydrogen-bond donors (Lipinski definition) is 1. The minimum Gasteiger partial charge on any atom is -0.507 e. The molecule has 1 N–H and O–H groups in total. The van der Waals surface area contributed by atoms with Gasteiger partial charge in [-0.3, -0.25) is 14.5 Å². The number of Topliss-reactive ketones (excluding diaryl/α,β-unsaturated/α-hetero) is 1. The average molecular weight is 472 g/mol. The molecule has 4 rings (SSSR count). The van der Waals surface area contributed by atoms with Crippen LogP contribution in [0.15, 0.2) is 84.4 Å². The van der Waals surface area contributed by atoms with Crippen LogP contribution in [0.25, 0.3) is 5.76 Å². The smallest absolute Gasteiger partial charge is 0.337 e. The van der Waals surface area contributed by atoms with Crippen molar-refractivity contribution in [2.45, 2.75) is 26.0 Å². The van der Waals surface area contributed by atoms with Gasteiger partial charge in [-0.15, -0.1) is 0 Å². The molecule has 1 atom stereocenters. The van der Waals surface area contributed by atoms with Gasteiger partial charge in [-0.1, -0.05) is 30.3 Å². The van der Waals surface area contributed by atoms with Gasteiger partial charge in [0.2, 0.25) is 0 Å². The Kier molecular flexibility index (Phi) is 6.68. The van der Waals surface area contributed by atoms with Crippen molar-refractivity contribution in [1.29, 1.82) is 0 Å². The van der Waals surface area contributed by atoms with Gasteiger partial charge in [0.15, 0.2) is 0 Å². The van der Waals surface area contributed by atoms with Crippen LogP contribution in [0, 0.1) is 0 Å². The van der Waals surface area contributed by atoms with E-state index in [1.807, 2.05) is 19.9 Å². The first-order valence-electron chi connectivity index (χ1n) is 11.1. The number of aliphatic hydroxyl groups excluding tert-OH is 1. The maximum atomic E-state index is 13.2. The summed E-state index contributed by atoms with van der Waals surface area (Å²) in [7, 11) is 1.28. The summed E-state index contributed by atoms with van der Waals surface area (Å²) in [5.41, 5.74) is 1.75. The van der Waals surface area contributed by atoms with Crippen molar-refractivity contribution in [2.75, 3.05) is 12.0 Å². The number of carbonyl (C=O) groups is 3. The van der Waals surface area contributed by atoms with Crippen LogP contribution >= 0.6 is 0 Å². The molecule has 1 fully saturated rings. The van der Waals surface area contributed by atoms with E-state index in [0.717, 1.165) is 0 Å². The molecule has 0 spiro atoms. The first kappa shape index (κ1) is 23.8. The predicted molar refractivity (Wildman–Crippen MR) is 131 cm³/mol. The number of benzene rings is 3. The number of ketones is 1. The second-order valence-corrected chi connectivity index (χ2v) is 8.31. The Bertz CT molecular complexity index is 1280. The van der Waals surface area contributed by atoms with E-state index in [0.29, 0.717) is 28.1 Å². The van der Waals surface area contributed by atoms with Gasteiger partial charge in [-0.2, -0.15) is 0 Å². The first-order valence-corrected chi connectivity index (χ1v) is 11.1. The number of esters is 1. The van der Waals surface area contributed by atoms with Gasteiger partial charge in [0.25, 0.3) is 11.7 Å². The van der Waals surface area contributed by atoms with Crippen LogP contribution in [0.4, 0.5) is 5.69 Å². The summed E-state index contributed by atoms with van der Waals surface area (Å²) in [5.74, 6) is -1.73. The number of ether oxygens (including phenoxy) is 2. The average Bonchev–Trinajstić information content (AvgIpc) is 3.14. The van der Waals surface area contributed by atoms with E-state index in [9.17, 15) is 19.5 Å². The lowest BCUT2D eigenvalue weighted by atomic mass is 9.95. The van der Waals surface area contributed by atoms with Gasteiger partial charge in [0.05, 0.1) is 30.4 Å². The molecule has 0 radical (unpaired) electrons. The molecule has 0 aromatic heterocycles. The van der Waals surface area contributed by atoms with Gasteiger partial charge in [0.1, 0.15) is 11.5 Å². The van der Waals surface area contributed by atoms with Gasteiger partial charge >= 0.3 is 5.97 Å². The highest BCUT2D eigenvalue weighted by Gasteiger charge is 2.46. The Labute approximate surface area is 203 Å². The molecular weight excluding hydrogens is 446 g/mol. The summed E-state index contributed by atoms with van der Waals surface area (Å²) in [6, 6.07) is 21.0. The van der Waals surface area contributed by atoms with E-state index < -0.39 is 23.7 Å². The molecular formula is C28H25NO6. The predicted octanol–water partition coefficient (Wildman–Crippen LogP) is 4.89. The van der Waals surface area contributed by atoms with Crippen molar-refractivity contribution in [3.05, 3.63) is 101 Å². The molecule has 3 aromatic carbocycles. The van der Waals surface area contributed by atoms with Crippen LogP contribution in [0.5, 0.6) is 5.75 Å². The highest BCUT2D eigenvalue weighted by Crippen LogP contribution is 2.42. The summed E-state index contributed by atoms with van der Waals surface area (Å²) >= 11 is 0. The molecule has 0 saturated carbocycles. The number of nitrogens with zero attached hydrogens (tertiary/aromatic N) is 1. The summed E-state index contributed by atoms with van der Waals surface area (Å²) in [6.07, 6.45) is -0.0107. The van der Waals surface area contributed by atoms with Crippen molar-refractivity contribution < 1.29 is 29.0 Å². The Morgan fingerprint density at radius 1 is 0.886 bits per heavy atom. The third-order valence-corrected chi connectivity index (χ3v) is 5.63. The second kappa shape index (κ2) is 9.85. The highest BCUT2D eigenvalue weighted by molar-refractivity contribution is 6.51. The number of hydrogen-bond acceptors (Lipinski definition) is 6. The van der Waals surface area contributed by atoms with E-state index in [1.165, 1.54) is 24.1 Å². The monoisotopic (exact) mass is 471 g/mol. The second-order valence-electron chi connectivity index (χ2n) is 8.31. The zero-order chi connectivity index (χ0) is 25.1. The minimum atomic E-state index is -0.855. The molecule has 7 nitrogen and oxygen atoms in total. The number of anilines is 1. The Morgan fingerprint density at radius 3 is 2.06 bits per heavy atom. The molecule has 178 valence electrons. The van der Waals surface area contributed by atoms with Crippen molar-refractivity contribution in [2.24, 2.45) is 0 Å². The summed E-state index contributed by atoms with van der Waals surface area (Å²) in [4.78, 5) is 39.6. The number of amides is 1. The molecule has 0 bridgehead atoms. The zero-order valence-corrected chi connectivity index (χ0v) is 19.6. The maximum absolute atomic E-state index is 13.2. The van der Waals surface area contributed by atoms with E-state index in [4.69, 9.17) is 9.47 Å². The van der Waals surface area contributed by atoms with Gasteiger partial charge in [0, 0.05) is 11.3 Å². The highest BCUT2D eigenvalue weighted by atomic mass is 16.5. The van der Waals surface area contributed by atoms with Crippen LogP contribution in [0.2, 0.25) is 0 Å². The van der Waals surface area contributed by atoms with Crippen molar-refractivity contribution in [3.8, 4) is 5.75 Å². The lowest BCUT2D eigenvalue weighted by Crippen LogP contribution is -2.29. The van der Waals surface area contributed by atoms with Gasteiger partial charge < -0.3 is 14.6 Å². The Hall–Kier alpha value is -4.39. The molecule has 3 aromatic rings. The Morgan fingerprint density at radius 2 is 1.49 bits per heavy atom. The van der Waals surface area contributed by atoms with Crippen LogP contribution < -0.4 is 9.64 Å². The SMILES string of the molecule is COC(=O)c1ccc(N2C(=O)C(=O)/C(=C(/O)c3ccc(OC(C)C)cc3)C2c2ccccc2)cc1. The van der Waals surface area contributed by atoms with Crippen LogP contribution in [0.1, 0.15) is 41.4 Å². The van der Waals surface area contributed by atoms with Gasteiger partial charge in [-0.25, -0.2) is 4.79 Å². The molecule has 1 aliphatic heterocycles. The lowest BCUT2D eigenvalue weighted by Gasteiger charge is -2.25. The summed E-state index contributed by atoms with van der Waals surface area (Å²) < 4.78 is 10.4. The summed E-state index contributed by atoms with van der Waals surface area (Å²) in [5, 5.41) is 11.2. The normalized spacial score (nSPS) is 17.0.